The Bertz CT molecular complexity index is 570. The molecule has 0 aliphatic carbocycles. The van der Waals surface area contributed by atoms with E-state index >= 15 is 0 Å². The normalized spacial score (nSPS) is 10.2. The summed E-state index contributed by atoms with van der Waals surface area (Å²) in [5.74, 6) is 0.111. The van der Waals surface area contributed by atoms with Crippen LogP contribution in [0, 0.1) is 5.82 Å². The van der Waals surface area contributed by atoms with Crippen molar-refractivity contribution in [1.82, 2.24) is 0 Å². The smallest absolute Gasteiger partial charge is 0.174 e. The van der Waals surface area contributed by atoms with Gasteiger partial charge in [-0.15, -0.1) is 0 Å². The monoisotopic (exact) mass is 278 g/mol. The number of carbonyl (C=O) groups excluding carboxylic acids is 1. The van der Waals surface area contributed by atoms with Crippen LogP contribution in [-0.2, 0) is 11.2 Å². The van der Waals surface area contributed by atoms with Crippen LogP contribution < -0.4 is 4.74 Å². The van der Waals surface area contributed by atoms with Gasteiger partial charge < -0.3 is 4.74 Å². The molecule has 0 saturated heterocycles. The molecule has 0 atom stereocenters. The molecule has 0 amide bonds. The van der Waals surface area contributed by atoms with E-state index in [0.717, 1.165) is 0 Å². The van der Waals surface area contributed by atoms with Crippen LogP contribution in [0.2, 0.25) is 5.02 Å². The third-order valence-corrected chi connectivity index (χ3v) is 2.90. The van der Waals surface area contributed by atoms with E-state index in [0.29, 0.717) is 11.3 Å². The molecule has 0 spiro atoms. The van der Waals surface area contributed by atoms with Crippen LogP contribution in [0.5, 0.6) is 5.75 Å². The summed E-state index contributed by atoms with van der Waals surface area (Å²) >= 11 is 5.86. The maximum absolute atomic E-state index is 12.9. The minimum atomic E-state index is -0.415. The van der Waals surface area contributed by atoms with E-state index in [2.05, 4.69) is 0 Å². The zero-order valence-corrected chi connectivity index (χ0v) is 10.9. The first-order valence-electron chi connectivity index (χ1n) is 5.78. The highest BCUT2D eigenvalue weighted by molar-refractivity contribution is 6.31. The second-order valence-electron chi connectivity index (χ2n) is 4.05. The Morgan fingerprint density at radius 1 is 1.16 bits per heavy atom. The van der Waals surface area contributed by atoms with E-state index in [1.807, 2.05) is 18.2 Å². The lowest BCUT2D eigenvalue weighted by Crippen LogP contribution is -2.14. The predicted octanol–water partition coefficient (Wildman–Crippen LogP) is 3.67. The summed E-state index contributed by atoms with van der Waals surface area (Å²) in [7, 11) is 0. The number of benzene rings is 2. The molecule has 0 fully saturated rings. The minimum Gasteiger partial charge on any atom is -0.486 e. The van der Waals surface area contributed by atoms with E-state index in [4.69, 9.17) is 16.3 Å². The fourth-order valence-electron chi connectivity index (χ4n) is 1.61. The molecule has 98 valence electrons. The molecule has 4 heteroatoms. The molecule has 2 rings (SSSR count). The Morgan fingerprint density at radius 3 is 2.58 bits per heavy atom. The molecule has 0 radical (unpaired) electrons. The van der Waals surface area contributed by atoms with E-state index < -0.39 is 5.82 Å². The molecule has 2 aromatic carbocycles. The summed E-state index contributed by atoms with van der Waals surface area (Å²) in [6.07, 6.45) is 0.131. The zero-order chi connectivity index (χ0) is 13.7. The van der Waals surface area contributed by atoms with Crippen molar-refractivity contribution < 1.29 is 13.9 Å². The molecule has 0 saturated carbocycles. The van der Waals surface area contributed by atoms with Gasteiger partial charge in [-0.1, -0.05) is 35.9 Å². The number of Topliss-reactive ketones (excluding diaryl/α,β-unsaturated/α-hetero) is 1. The largest absolute Gasteiger partial charge is 0.486 e. The van der Waals surface area contributed by atoms with Crippen LogP contribution in [-0.4, -0.2) is 12.4 Å². The van der Waals surface area contributed by atoms with Crippen molar-refractivity contribution in [2.24, 2.45) is 0 Å². The van der Waals surface area contributed by atoms with Gasteiger partial charge in [0.25, 0.3) is 0 Å². The van der Waals surface area contributed by atoms with Gasteiger partial charge in [-0.3, -0.25) is 4.79 Å². The SMILES string of the molecule is O=C(COc1ccccc1)Cc1ccc(F)cc1Cl. The highest BCUT2D eigenvalue weighted by Crippen LogP contribution is 2.18. The lowest BCUT2D eigenvalue weighted by Gasteiger charge is -2.06. The van der Waals surface area contributed by atoms with Crippen molar-refractivity contribution in [3.05, 3.63) is 64.9 Å². The molecule has 2 nitrogen and oxygen atoms in total. The van der Waals surface area contributed by atoms with E-state index in [1.54, 1.807) is 12.1 Å². The number of hydrogen-bond donors (Lipinski definition) is 0. The molecular weight excluding hydrogens is 267 g/mol. The maximum Gasteiger partial charge on any atom is 0.174 e. The number of hydrogen-bond acceptors (Lipinski definition) is 2. The van der Waals surface area contributed by atoms with Crippen molar-refractivity contribution in [1.29, 1.82) is 0 Å². The van der Waals surface area contributed by atoms with Crippen molar-refractivity contribution in [3.63, 3.8) is 0 Å². The van der Waals surface area contributed by atoms with Gasteiger partial charge in [-0.25, -0.2) is 4.39 Å². The van der Waals surface area contributed by atoms with Gasteiger partial charge in [0.05, 0.1) is 0 Å². The first-order valence-corrected chi connectivity index (χ1v) is 6.16. The zero-order valence-electron chi connectivity index (χ0n) is 10.1. The number of para-hydroxylation sites is 1. The first-order chi connectivity index (χ1) is 9.15. The number of ether oxygens (including phenoxy) is 1. The van der Waals surface area contributed by atoms with Crippen molar-refractivity contribution in [2.45, 2.75) is 6.42 Å². The Labute approximate surface area is 115 Å². The van der Waals surface area contributed by atoms with Crippen LogP contribution in [0.4, 0.5) is 4.39 Å². The van der Waals surface area contributed by atoms with Crippen LogP contribution >= 0.6 is 11.6 Å². The molecule has 0 aromatic heterocycles. The molecule has 0 bridgehead atoms. The number of carbonyl (C=O) groups is 1. The summed E-state index contributed by atoms with van der Waals surface area (Å²) < 4.78 is 18.2. The van der Waals surface area contributed by atoms with Crippen LogP contribution in [0.3, 0.4) is 0 Å². The van der Waals surface area contributed by atoms with Gasteiger partial charge in [0, 0.05) is 11.4 Å². The summed E-state index contributed by atoms with van der Waals surface area (Å²) in [5, 5.41) is 0.257. The average Bonchev–Trinajstić information content (AvgIpc) is 2.41. The number of rotatable bonds is 5. The highest BCUT2D eigenvalue weighted by Gasteiger charge is 2.09. The minimum absolute atomic E-state index is 0.0300. The maximum atomic E-state index is 12.9. The quantitative estimate of drug-likeness (QED) is 0.834. The molecule has 0 unspecified atom stereocenters. The molecule has 2 aromatic rings. The van der Waals surface area contributed by atoms with Crippen molar-refractivity contribution in [3.8, 4) is 5.75 Å². The highest BCUT2D eigenvalue weighted by atomic mass is 35.5. The number of halogens is 2. The fraction of sp³-hybridized carbons (Fsp3) is 0.133. The van der Waals surface area contributed by atoms with Gasteiger partial charge in [0.15, 0.2) is 5.78 Å². The second-order valence-corrected chi connectivity index (χ2v) is 4.46. The Morgan fingerprint density at radius 2 is 1.89 bits per heavy atom. The van der Waals surface area contributed by atoms with Gasteiger partial charge in [0.2, 0.25) is 0 Å². The molecular formula is C15H12ClFO2. The lowest BCUT2D eigenvalue weighted by molar-refractivity contribution is -0.120. The average molecular weight is 279 g/mol. The van der Waals surface area contributed by atoms with Crippen LogP contribution in [0.15, 0.2) is 48.5 Å². The van der Waals surface area contributed by atoms with Gasteiger partial charge in [0.1, 0.15) is 18.2 Å². The molecule has 0 heterocycles. The first kappa shape index (κ1) is 13.6. The fourth-order valence-corrected chi connectivity index (χ4v) is 1.84. The van der Waals surface area contributed by atoms with Gasteiger partial charge in [-0.05, 0) is 29.8 Å². The molecule has 0 aliphatic rings. The standard InChI is InChI=1S/C15H12ClFO2/c16-15-9-12(17)7-6-11(15)8-13(18)10-19-14-4-2-1-3-5-14/h1-7,9H,8,10H2. The topological polar surface area (TPSA) is 26.3 Å². The second kappa shape index (κ2) is 6.34. The van der Waals surface area contributed by atoms with Gasteiger partial charge >= 0.3 is 0 Å². The third kappa shape index (κ3) is 4.07. The van der Waals surface area contributed by atoms with Crippen molar-refractivity contribution in [2.75, 3.05) is 6.61 Å². The van der Waals surface area contributed by atoms with E-state index in [9.17, 15) is 9.18 Å². The Kier molecular flexibility index (Phi) is 4.53. The van der Waals surface area contributed by atoms with E-state index in [1.165, 1.54) is 18.2 Å². The summed E-state index contributed by atoms with van der Waals surface area (Å²) in [6.45, 7) is -0.0300. The van der Waals surface area contributed by atoms with Gasteiger partial charge in [-0.2, -0.15) is 0 Å². The Hall–Kier alpha value is -1.87. The van der Waals surface area contributed by atoms with Crippen molar-refractivity contribution >= 4 is 17.4 Å². The third-order valence-electron chi connectivity index (χ3n) is 2.55. The summed E-state index contributed by atoms with van der Waals surface area (Å²) in [6, 6.07) is 13.1. The molecule has 0 aliphatic heterocycles. The van der Waals surface area contributed by atoms with E-state index in [-0.39, 0.29) is 23.8 Å². The van der Waals surface area contributed by atoms with Crippen LogP contribution in [0.1, 0.15) is 5.56 Å². The van der Waals surface area contributed by atoms with Crippen LogP contribution in [0.25, 0.3) is 0 Å². The molecule has 0 N–H and O–H groups in total. The lowest BCUT2D eigenvalue weighted by atomic mass is 10.1. The predicted molar refractivity (Wildman–Crippen MR) is 72.1 cm³/mol. The summed E-state index contributed by atoms with van der Waals surface area (Å²) in [4.78, 5) is 11.7. The Balaban J connectivity index is 1.91. The number of ketones is 1. The summed E-state index contributed by atoms with van der Waals surface area (Å²) in [5.41, 5.74) is 0.602. The molecule has 19 heavy (non-hydrogen) atoms.